The monoisotopic (exact) mass is 476 g/mol. The molecule has 0 aromatic heterocycles. The summed E-state index contributed by atoms with van der Waals surface area (Å²) in [7, 11) is 0. The van der Waals surface area contributed by atoms with E-state index in [1.54, 1.807) is 17.0 Å². The van der Waals surface area contributed by atoms with Gasteiger partial charge in [-0.05, 0) is 37.0 Å². The van der Waals surface area contributed by atoms with E-state index < -0.39 is 24.0 Å². The van der Waals surface area contributed by atoms with E-state index in [4.69, 9.17) is 9.47 Å². The van der Waals surface area contributed by atoms with Crippen molar-refractivity contribution >= 4 is 35.3 Å². The van der Waals surface area contributed by atoms with Crippen LogP contribution in [-0.4, -0.2) is 80.3 Å². The Bertz CT molecular complexity index is 988. The number of carbonyl (C=O) groups is 4. The van der Waals surface area contributed by atoms with Crippen LogP contribution in [0.1, 0.15) is 26.7 Å². The highest BCUT2D eigenvalue weighted by atomic mass is 19.1. The minimum atomic E-state index is -0.586. The summed E-state index contributed by atoms with van der Waals surface area (Å²) in [6.45, 7) is 4.46. The lowest BCUT2D eigenvalue weighted by Crippen LogP contribution is -2.49. The molecule has 1 N–H and O–H groups in total. The number of nitrogens with one attached hydrogen (secondary N) is 1. The molecule has 184 valence electrons. The smallest absolute Gasteiger partial charge is 0.414 e. The zero-order valence-electron chi connectivity index (χ0n) is 19.3. The molecule has 34 heavy (non-hydrogen) atoms. The van der Waals surface area contributed by atoms with Crippen LogP contribution in [0.4, 0.5) is 20.6 Å². The van der Waals surface area contributed by atoms with E-state index in [-0.39, 0.29) is 43.5 Å². The second kappa shape index (κ2) is 9.86. The highest BCUT2D eigenvalue weighted by Crippen LogP contribution is 2.36. The number of esters is 1. The first-order chi connectivity index (χ1) is 16.2. The topological polar surface area (TPSA) is 108 Å². The Morgan fingerprint density at radius 2 is 2.00 bits per heavy atom. The number of rotatable bonds is 6. The number of hydrogen-bond acceptors (Lipinski definition) is 7. The summed E-state index contributed by atoms with van der Waals surface area (Å²) in [5.41, 5.74) is 0.791. The Hall–Kier alpha value is -3.37. The largest absolute Gasteiger partial charge is 0.456 e. The molecule has 4 rings (SSSR count). The van der Waals surface area contributed by atoms with Crippen LogP contribution in [0.3, 0.4) is 0 Å². The van der Waals surface area contributed by atoms with Crippen LogP contribution in [0, 0.1) is 11.7 Å². The second-order valence-corrected chi connectivity index (χ2v) is 8.93. The molecular weight excluding hydrogens is 447 g/mol. The number of carbonyl (C=O) groups excluding carboxylic acids is 4. The Kier molecular flexibility index (Phi) is 6.90. The lowest BCUT2D eigenvalue weighted by atomic mass is 9.92. The maximum absolute atomic E-state index is 15.2. The number of halogens is 1. The van der Waals surface area contributed by atoms with Crippen molar-refractivity contribution in [3.63, 3.8) is 0 Å². The number of hydrogen-bond donors (Lipinski definition) is 1. The quantitative estimate of drug-likeness (QED) is 0.616. The first-order valence-corrected chi connectivity index (χ1v) is 11.4. The predicted octanol–water partition coefficient (Wildman–Crippen LogP) is 1.28. The predicted molar refractivity (Wildman–Crippen MR) is 120 cm³/mol. The number of ether oxygens (including phenoxy) is 2. The summed E-state index contributed by atoms with van der Waals surface area (Å²) in [4.78, 5) is 52.0. The van der Waals surface area contributed by atoms with Crippen molar-refractivity contribution in [3.05, 3.63) is 24.0 Å². The maximum Gasteiger partial charge on any atom is 0.414 e. The number of cyclic esters (lactones) is 1. The van der Waals surface area contributed by atoms with E-state index in [1.165, 1.54) is 24.8 Å². The van der Waals surface area contributed by atoms with Crippen molar-refractivity contribution in [1.29, 1.82) is 0 Å². The Labute approximate surface area is 196 Å². The van der Waals surface area contributed by atoms with Gasteiger partial charge < -0.3 is 24.6 Å². The van der Waals surface area contributed by atoms with Crippen molar-refractivity contribution in [1.82, 2.24) is 10.2 Å². The number of nitrogens with zero attached hydrogens (tertiary/aromatic N) is 3. The molecular formula is C23H29FN4O6. The molecule has 1 aromatic carbocycles. The molecule has 3 aliphatic heterocycles. The van der Waals surface area contributed by atoms with E-state index in [9.17, 15) is 19.2 Å². The van der Waals surface area contributed by atoms with Gasteiger partial charge in [-0.25, -0.2) is 9.18 Å². The maximum atomic E-state index is 15.2. The van der Waals surface area contributed by atoms with Crippen molar-refractivity contribution < 1.29 is 33.0 Å². The Morgan fingerprint density at radius 1 is 1.21 bits per heavy atom. The zero-order valence-corrected chi connectivity index (χ0v) is 19.3. The van der Waals surface area contributed by atoms with Crippen molar-refractivity contribution in [2.75, 3.05) is 49.1 Å². The first-order valence-electron chi connectivity index (χ1n) is 11.4. The van der Waals surface area contributed by atoms with Crippen molar-refractivity contribution in [2.45, 2.75) is 38.8 Å². The normalized spacial score (nSPS) is 24.0. The molecule has 1 aromatic rings. The van der Waals surface area contributed by atoms with Crippen LogP contribution < -0.4 is 15.1 Å². The number of amides is 3. The van der Waals surface area contributed by atoms with E-state index >= 15 is 4.39 Å². The molecule has 0 bridgehead atoms. The summed E-state index contributed by atoms with van der Waals surface area (Å²) in [5.74, 6) is -1.21. The van der Waals surface area contributed by atoms with E-state index in [1.807, 2.05) is 4.90 Å². The van der Waals surface area contributed by atoms with E-state index in [0.717, 1.165) is 12.8 Å². The average Bonchev–Trinajstić information content (AvgIpc) is 3.39. The molecule has 3 fully saturated rings. The number of fused-ring (bicyclic) bond motifs is 1. The number of anilines is 2. The SMILES string of the molecule is CC(=O)NCC1CN(c2ccc(N3CC4CCCN(C(=O)COC(C)=O)C4C3)c(F)c2)C(=O)O1. The van der Waals surface area contributed by atoms with Crippen LogP contribution >= 0.6 is 0 Å². The van der Waals surface area contributed by atoms with Gasteiger partial charge in [-0.2, -0.15) is 0 Å². The average molecular weight is 477 g/mol. The number of benzene rings is 1. The first kappa shape index (κ1) is 23.8. The lowest BCUT2D eigenvalue weighted by molar-refractivity contribution is -0.152. The number of piperidine rings is 1. The van der Waals surface area contributed by atoms with Gasteiger partial charge in [-0.15, -0.1) is 0 Å². The third-order valence-electron chi connectivity index (χ3n) is 6.54. The molecule has 0 spiro atoms. The summed E-state index contributed by atoms with van der Waals surface area (Å²) in [6.07, 6.45) is 0.694. The third kappa shape index (κ3) is 5.07. The van der Waals surface area contributed by atoms with Gasteiger partial charge >= 0.3 is 12.1 Å². The molecule has 3 saturated heterocycles. The van der Waals surface area contributed by atoms with Gasteiger partial charge in [0.15, 0.2) is 6.61 Å². The van der Waals surface area contributed by atoms with Crippen molar-refractivity contribution in [3.8, 4) is 0 Å². The van der Waals surface area contributed by atoms with Gasteiger partial charge in [0.1, 0.15) is 11.9 Å². The molecule has 11 heteroatoms. The zero-order chi connectivity index (χ0) is 24.4. The lowest BCUT2D eigenvalue weighted by Gasteiger charge is -2.36. The fourth-order valence-corrected chi connectivity index (χ4v) is 4.95. The van der Waals surface area contributed by atoms with Crippen LogP contribution in [0.5, 0.6) is 0 Å². The fraction of sp³-hybridized carbons (Fsp3) is 0.565. The summed E-state index contributed by atoms with van der Waals surface area (Å²) in [6, 6.07) is 4.55. The van der Waals surface area contributed by atoms with Gasteiger partial charge in [-0.3, -0.25) is 19.3 Å². The molecule has 3 unspecified atom stereocenters. The van der Waals surface area contributed by atoms with Crippen LogP contribution in [0.25, 0.3) is 0 Å². The molecule has 0 radical (unpaired) electrons. The minimum absolute atomic E-state index is 0.0704. The highest BCUT2D eigenvalue weighted by molar-refractivity contribution is 5.90. The Morgan fingerprint density at radius 3 is 2.71 bits per heavy atom. The summed E-state index contributed by atoms with van der Waals surface area (Å²) >= 11 is 0. The van der Waals surface area contributed by atoms with Gasteiger partial charge in [0.2, 0.25) is 5.91 Å². The van der Waals surface area contributed by atoms with Crippen LogP contribution in [0.15, 0.2) is 18.2 Å². The molecule has 3 aliphatic rings. The summed E-state index contributed by atoms with van der Waals surface area (Å²) < 4.78 is 25.3. The van der Waals surface area contributed by atoms with Crippen LogP contribution in [-0.2, 0) is 23.9 Å². The van der Waals surface area contributed by atoms with E-state index in [2.05, 4.69) is 5.32 Å². The number of likely N-dealkylation sites (tertiary alicyclic amines) is 1. The standard InChI is InChI=1S/C23H29FN4O6/c1-14(29)25-9-18-11-28(23(32)34-18)17-5-6-20(19(24)8-17)26-10-16-4-3-7-27(21(16)12-26)22(31)13-33-15(2)30/h5-6,8,16,18,21H,3-4,7,9-13H2,1-2H3,(H,25,29). The second-order valence-electron chi connectivity index (χ2n) is 8.93. The van der Waals surface area contributed by atoms with Crippen molar-refractivity contribution in [2.24, 2.45) is 5.92 Å². The molecule has 3 amide bonds. The molecule has 10 nitrogen and oxygen atoms in total. The fourth-order valence-electron chi connectivity index (χ4n) is 4.95. The van der Waals surface area contributed by atoms with Gasteiger partial charge in [0.05, 0.1) is 30.5 Å². The van der Waals surface area contributed by atoms with E-state index in [0.29, 0.717) is 31.0 Å². The molecule has 3 heterocycles. The van der Waals surface area contributed by atoms with Gasteiger partial charge in [0, 0.05) is 33.5 Å². The minimum Gasteiger partial charge on any atom is -0.456 e. The van der Waals surface area contributed by atoms with Crippen LogP contribution in [0.2, 0.25) is 0 Å². The van der Waals surface area contributed by atoms with Gasteiger partial charge in [-0.1, -0.05) is 0 Å². The molecule has 3 atom stereocenters. The molecule has 0 saturated carbocycles. The highest BCUT2D eigenvalue weighted by Gasteiger charge is 2.42. The summed E-state index contributed by atoms with van der Waals surface area (Å²) in [5, 5.41) is 2.61. The third-order valence-corrected chi connectivity index (χ3v) is 6.54. The molecule has 0 aliphatic carbocycles. The Balaban J connectivity index is 1.42. The van der Waals surface area contributed by atoms with Gasteiger partial charge in [0.25, 0.3) is 5.91 Å².